The lowest BCUT2D eigenvalue weighted by atomic mass is 9.87. The van der Waals surface area contributed by atoms with Gasteiger partial charge in [0.2, 0.25) is 0 Å². The van der Waals surface area contributed by atoms with E-state index in [0.29, 0.717) is 43.0 Å². The first-order valence-corrected chi connectivity index (χ1v) is 10.5. The largest absolute Gasteiger partial charge is 0.388 e. The molecule has 0 unspecified atom stereocenters. The summed E-state index contributed by atoms with van der Waals surface area (Å²) in [5, 5.41) is 18.5. The van der Waals surface area contributed by atoms with Crippen LogP contribution in [0.5, 0.6) is 0 Å². The standard InChI is InChI=1S/C19H22N6O4S/c1-2-21-18(29)23-15-14(11-3-6-20-9-12(11)30-15)16(27)25-7-4-19(5-8-25)17(28)22-13(10-26)24-19/h3,6,9,26H,2,4-5,7-8,10H2,1H3,(H2,21,23,29)(H,22,24,28). The van der Waals surface area contributed by atoms with E-state index in [9.17, 15) is 19.5 Å². The van der Waals surface area contributed by atoms with Crippen LogP contribution in [-0.4, -0.2) is 70.5 Å². The Morgan fingerprint density at radius 1 is 1.37 bits per heavy atom. The van der Waals surface area contributed by atoms with Gasteiger partial charge in [-0.1, -0.05) is 0 Å². The van der Waals surface area contributed by atoms with Crippen LogP contribution < -0.4 is 16.0 Å². The molecule has 158 valence electrons. The third kappa shape index (κ3) is 3.50. The summed E-state index contributed by atoms with van der Waals surface area (Å²) < 4.78 is 0.800. The van der Waals surface area contributed by atoms with Crippen molar-refractivity contribution < 1.29 is 19.5 Å². The number of carbonyl (C=O) groups excluding carboxylic acids is 3. The minimum atomic E-state index is -0.919. The van der Waals surface area contributed by atoms with Gasteiger partial charge in [0, 0.05) is 37.4 Å². The number of urea groups is 1. The predicted molar refractivity (Wildman–Crippen MR) is 113 cm³/mol. The number of hydrogen-bond acceptors (Lipinski definition) is 7. The van der Waals surface area contributed by atoms with Gasteiger partial charge >= 0.3 is 6.03 Å². The number of anilines is 1. The monoisotopic (exact) mass is 430 g/mol. The average molecular weight is 430 g/mol. The highest BCUT2D eigenvalue weighted by Crippen LogP contribution is 2.37. The highest BCUT2D eigenvalue weighted by molar-refractivity contribution is 7.23. The van der Waals surface area contributed by atoms with E-state index in [4.69, 9.17) is 0 Å². The number of likely N-dealkylation sites (tertiary alicyclic amines) is 1. The Labute approximate surface area is 176 Å². The predicted octanol–water partition coefficient (Wildman–Crippen LogP) is 0.933. The zero-order valence-electron chi connectivity index (χ0n) is 16.4. The molecule has 10 nitrogen and oxygen atoms in total. The normalized spacial score (nSPS) is 17.7. The molecule has 2 aromatic heterocycles. The summed E-state index contributed by atoms with van der Waals surface area (Å²) in [5.41, 5.74) is -0.493. The van der Waals surface area contributed by atoms with E-state index in [1.807, 2.05) is 6.92 Å². The Hall–Kier alpha value is -3.05. The molecule has 2 aromatic rings. The maximum Gasteiger partial charge on any atom is 0.319 e. The molecule has 0 aromatic carbocycles. The van der Waals surface area contributed by atoms with Crippen LogP contribution in [0.3, 0.4) is 0 Å². The SMILES string of the molecule is CCNC(=O)Nc1sc2cnccc2c1C(=O)N1CCC2(CC1)N=C(CO)NC2=O. The highest BCUT2D eigenvalue weighted by atomic mass is 32.1. The zero-order valence-corrected chi connectivity index (χ0v) is 17.2. The van der Waals surface area contributed by atoms with Gasteiger partial charge in [-0.3, -0.25) is 24.9 Å². The molecule has 0 bridgehead atoms. The molecule has 30 heavy (non-hydrogen) atoms. The number of amidine groups is 1. The van der Waals surface area contributed by atoms with Crippen molar-refractivity contribution in [3.8, 4) is 0 Å². The number of aliphatic hydroxyl groups excluding tert-OH is 1. The molecule has 4 N–H and O–H groups in total. The van der Waals surface area contributed by atoms with Crippen molar-refractivity contribution in [1.29, 1.82) is 0 Å². The average Bonchev–Trinajstić information content (AvgIpc) is 3.25. The Kier molecular flexibility index (Phi) is 5.39. The van der Waals surface area contributed by atoms with Crippen molar-refractivity contribution in [3.05, 3.63) is 24.0 Å². The number of amides is 4. The fourth-order valence-corrected chi connectivity index (χ4v) is 4.85. The van der Waals surface area contributed by atoms with E-state index < -0.39 is 5.54 Å². The summed E-state index contributed by atoms with van der Waals surface area (Å²) in [5.74, 6) is -0.173. The lowest BCUT2D eigenvalue weighted by Gasteiger charge is -2.35. The van der Waals surface area contributed by atoms with Gasteiger partial charge in [-0.25, -0.2) is 4.79 Å². The summed E-state index contributed by atoms with van der Waals surface area (Å²) in [6.07, 6.45) is 4.02. The number of hydrogen-bond donors (Lipinski definition) is 4. The van der Waals surface area contributed by atoms with E-state index in [1.54, 1.807) is 23.4 Å². The van der Waals surface area contributed by atoms with Gasteiger partial charge in [0.25, 0.3) is 11.8 Å². The molecule has 11 heteroatoms. The number of nitrogens with one attached hydrogen (secondary N) is 3. The topological polar surface area (TPSA) is 136 Å². The fourth-order valence-electron chi connectivity index (χ4n) is 3.80. The number of nitrogens with zero attached hydrogens (tertiary/aromatic N) is 3. The molecule has 4 rings (SSSR count). The van der Waals surface area contributed by atoms with Gasteiger partial charge in [0.05, 0.1) is 10.3 Å². The summed E-state index contributed by atoms with van der Waals surface area (Å²) in [6, 6.07) is 1.38. The molecule has 2 aliphatic heterocycles. The van der Waals surface area contributed by atoms with E-state index in [2.05, 4.69) is 25.9 Å². The lowest BCUT2D eigenvalue weighted by Crippen LogP contribution is -2.50. The summed E-state index contributed by atoms with van der Waals surface area (Å²) in [7, 11) is 0. The first-order valence-electron chi connectivity index (χ1n) is 9.69. The molecule has 4 amide bonds. The van der Waals surface area contributed by atoms with Gasteiger partial charge < -0.3 is 20.6 Å². The Morgan fingerprint density at radius 2 is 2.13 bits per heavy atom. The second kappa shape index (κ2) is 8.00. The molecular weight excluding hydrogens is 408 g/mol. The quantitative estimate of drug-likeness (QED) is 0.572. The molecule has 0 atom stereocenters. The third-order valence-electron chi connectivity index (χ3n) is 5.33. The molecule has 0 saturated carbocycles. The van der Waals surface area contributed by atoms with Gasteiger partial charge in [0.1, 0.15) is 23.0 Å². The molecule has 0 radical (unpaired) electrons. The van der Waals surface area contributed by atoms with Crippen LogP contribution in [0.4, 0.5) is 9.80 Å². The molecule has 1 spiro atoms. The summed E-state index contributed by atoms with van der Waals surface area (Å²) >= 11 is 1.30. The summed E-state index contributed by atoms with van der Waals surface area (Å²) in [4.78, 5) is 48.0. The van der Waals surface area contributed by atoms with Crippen LogP contribution in [0, 0.1) is 0 Å². The van der Waals surface area contributed by atoms with Crippen LogP contribution in [0.2, 0.25) is 0 Å². The van der Waals surface area contributed by atoms with E-state index in [-0.39, 0.29) is 30.3 Å². The maximum atomic E-state index is 13.4. The van der Waals surface area contributed by atoms with E-state index in [1.165, 1.54) is 11.3 Å². The number of fused-ring (bicyclic) bond motifs is 1. The van der Waals surface area contributed by atoms with Crippen molar-refractivity contribution in [3.63, 3.8) is 0 Å². The smallest absolute Gasteiger partial charge is 0.319 e. The lowest BCUT2D eigenvalue weighted by molar-refractivity contribution is -0.125. The van der Waals surface area contributed by atoms with Crippen LogP contribution in [-0.2, 0) is 4.79 Å². The first-order chi connectivity index (χ1) is 14.5. The number of aliphatic hydroxyl groups is 1. The number of rotatable bonds is 4. The molecule has 2 aliphatic rings. The van der Waals surface area contributed by atoms with Crippen molar-refractivity contribution in [2.24, 2.45) is 4.99 Å². The molecule has 1 fully saturated rings. The number of piperidine rings is 1. The number of aromatic nitrogens is 1. The van der Waals surface area contributed by atoms with Crippen LogP contribution >= 0.6 is 11.3 Å². The minimum Gasteiger partial charge on any atom is -0.388 e. The van der Waals surface area contributed by atoms with Gasteiger partial charge in [-0.15, -0.1) is 11.3 Å². The molecule has 4 heterocycles. The van der Waals surface area contributed by atoms with Crippen LogP contribution in [0.15, 0.2) is 23.5 Å². The van der Waals surface area contributed by atoms with E-state index >= 15 is 0 Å². The Balaban J connectivity index is 1.59. The number of pyridine rings is 1. The molecular formula is C19H22N6O4S. The summed E-state index contributed by atoms with van der Waals surface area (Å²) in [6.45, 7) is 2.65. The Morgan fingerprint density at radius 3 is 2.80 bits per heavy atom. The van der Waals surface area contributed by atoms with Gasteiger partial charge in [0.15, 0.2) is 0 Å². The zero-order chi connectivity index (χ0) is 21.3. The van der Waals surface area contributed by atoms with Crippen molar-refractivity contribution in [2.45, 2.75) is 25.3 Å². The third-order valence-corrected chi connectivity index (χ3v) is 6.38. The Bertz CT molecular complexity index is 1040. The molecule has 1 saturated heterocycles. The molecule has 0 aliphatic carbocycles. The van der Waals surface area contributed by atoms with Gasteiger partial charge in [-0.2, -0.15) is 0 Å². The van der Waals surface area contributed by atoms with E-state index in [0.717, 1.165) is 10.1 Å². The van der Waals surface area contributed by atoms with Crippen LogP contribution in [0.25, 0.3) is 10.1 Å². The maximum absolute atomic E-state index is 13.4. The number of aliphatic imine (C=N–C) groups is 1. The van der Waals surface area contributed by atoms with Crippen LogP contribution in [0.1, 0.15) is 30.1 Å². The number of thiophene rings is 1. The fraction of sp³-hybridized carbons (Fsp3) is 0.421. The van der Waals surface area contributed by atoms with Gasteiger partial charge in [-0.05, 0) is 25.8 Å². The number of carbonyl (C=O) groups is 3. The second-order valence-corrected chi connectivity index (χ2v) is 8.21. The van der Waals surface area contributed by atoms with Crippen molar-refractivity contribution in [2.75, 3.05) is 31.6 Å². The van der Waals surface area contributed by atoms with Crippen molar-refractivity contribution in [1.82, 2.24) is 20.5 Å². The second-order valence-electron chi connectivity index (χ2n) is 7.16. The minimum absolute atomic E-state index is 0.209. The van der Waals surface area contributed by atoms with Crippen molar-refractivity contribution >= 4 is 50.1 Å². The first kappa shape index (κ1) is 20.2. The highest BCUT2D eigenvalue weighted by Gasteiger charge is 2.46.